The summed E-state index contributed by atoms with van der Waals surface area (Å²) in [5, 5.41) is 9.25. The van der Waals surface area contributed by atoms with E-state index >= 15 is 0 Å². The Balaban J connectivity index is 1.56. The second-order valence-electron chi connectivity index (χ2n) is 8.66. The highest BCUT2D eigenvalue weighted by molar-refractivity contribution is 14.1. The average molecular weight is 658 g/mol. The number of halogens is 1. The van der Waals surface area contributed by atoms with Crippen LogP contribution in [0.5, 0.6) is 17.2 Å². The van der Waals surface area contributed by atoms with Crippen LogP contribution in [0.1, 0.15) is 30.0 Å². The van der Waals surface area contributed by atoms with E-state index in [1.807, 2.05) is 39.0 Å². The van der Waals surface area contributed by atoms with Crippen molar-refractivity contribution < 1.29 is 28.6 Å². The third kappa shape index (κ3) is 8.70. The molecular weight excluding hydrogens is 627 g/mol. The second kappa shape index (κ2) is 14.9. The third-order valence-corrected chi connectivity index (χ3v) is 6.32. The predicted octanol–water partition coefficient (Wildman–Crippen LogP) is 4.81. The number of nitrogens with zero attached hydrogens (tertiary/aromatic N) is 1. The van der Waals surface area contributed by atoms with Crippen molar-refractivity contribution in [1.82, 2.24) is 5.43 Å². The van der Waals surface area contributed by atoms with Gasteiger partial charge in [0.15, 0.2) is 18.1 Å². The van der Waals surface area contributed by atoms with E-state index in [-0.39, 0.29) is 12.5 Å². The van der Waals surface area contributed by atoms with Crippen molar-refractivity contribution in [2.24, 2.45) is 5.10 Å². The number of benzene rings is 3. The summed E-state index contributed by atoms with van der Waals surface area (Å²) in [4.78, 5) is 36.9. The number of aryl methyl sites for hydroxylation is 2. The molecule has 0 aromatic heterocycles. The van der Waals surface area contributed by atoms with Crippen molar-refractivity contribution in [2.75, 3.05) is 31.0 Å². The van der Waals surface area contributed by atoms with Gasteiger partial charge in [0, 0.05) is 11.4 Å². The first kappa shape index (κ1) is 30.4. The summed E-state index contributed by atoms with van der Waals surface area (Å²) in [5.74, 6) is -0.651. The molecule has 3 amide bonds. The summed E-state index contributed by atoms with van der Waals surface area (Å²) in [6, 6.07) is 15.9. The Bertz CT molecular complexity index is 1370. The van der Waals surface area contributed by atoms with Gasteiger partial charge in [-0.15, -0.1) is 0 Å². The van der Waals surface area contributed by atoms with Gasteiger partial charge in [0.05, 0.1) is 23.5 Å². The van der Waals surface area contributed by atoms with E-state index in [0.29, 0.717) is 38.7 Å². The first-order valence-electron chi connectivity index (χ1n) is 12.5. The van der Waals surface area contributed by atoms with Crippen LogP contribution in [-0.4, -0.2) is 44.3 Å². The zero-order valence-electron chi connectivity index (χ0n) is 22.7. The number of methoxy groups -OCH3 is 1. The first-order chi connectivity index (χ1) is 19.2. The minimum absolute atomic E-state index is 0.215. The minimum atomic E-state index is -0.931. The Morgan fingerprint density at radius 2 is 1.65 bits per heavy atom. The van der Waals surface area contributed by atoms with E-state index < -0.39 is 11.8 Å². The largest absolute Gasteiger partial charge is 0.494 e. The van der Waals surface area contributed by atoms with Crippen LogP contribution in [-0.2, 0) is 14.4 Å². The number of rotatable bonds is 11. The molecule has 11 heteroatoms. The fourth-order valence-electron chi connectivity index (χ4n) is 3.54. The number of para-hydroxylation sites is 1. The standard InChI is InChI=1S/C29H31IN4O6/c1-5-13-39-22-11-9-21(10-12-22)32-28(36)29(37)34-31-16-20-14-23(30)27(24(15-20)38-4)40-17-25(35)33-26-18(2)7-6-8-19(26)3/h6-12,14-16H,5,13,17H2,1-4H3,(H,32,36)(H,33,35)(H,34,37)/b31-16-. The van der Waals surface area contributed by atoms with Crippen molar-refractivity contribution in [2.45, 2.75) is 27.2 Å². The molecule has 0 unspecified atom stereocenters. The molecular formula is C29H31IN4O6. The Morgan fingerprint density at radius 1 is 0.950 bits per heavy atom. The van der Waals surface area contributed by atoms with Gasteiger partial charge in [-0.2, -0.15) is 5.10 Å². The average Bonchev–Trinajstić information content (AvgIpc) is 2.93. The van der Waals surface area contributed by atoms with E-state index in [0.717, 1.165) is 23.2 Å². The van der Waals surface area contributed by atoms with Crippen molar-refractivity contribution in [1.29, 1.82) is 0 Å². The molecule has 210 valence electrons. The molecule has 3 N–H and O–H groups in total. The second-order valence-corrected chi connectivity index (χ2v) is 9.83. The van der Waals surface area contributed by atoms with Crippen LogP contribution in [0, 0.1) is 17.4 Å². The van der Waals surface area contributed by atoms with Gasteiger partial charge in [0.25, 0.3) is 5.91 Å². The quantitative estimate of drug-likeness (QED) is 0.118. The van der Waals surface area contributed by atoms with E-state index in [9.17, 15) is 14.4 Å². The molecule has 10 nitrogen and oxygen atoms in total. The number of amides is 3. The number of hydrazone groups is 1. The molecule has 0 aliphatic carbocycles. The number of carbonyl (C=O) groups is 3. The summed E-state index contributed by atoms with van der Waals surface area (Å²) in [6.07, 6.45) is 2.25. The van der Waals surface area contributed by atoms with Gasteiger partial charge in [-0.05, 0) is 95.9 Å². The van der Waals surface area contributed by atoms with E-state index in [4.69, 9.17) is 14.2 Å². The number of ether oxygens (including phenoxy) is 3. The normalized spacial score (nSPS) is 10.6. The maximum atomic E-state index is 12.5. The lowest BCUT2D eigenvalue weighted by Gasteiger charge is -2.15. The summed E-state index contributed by atoms with van der Waals surface area (Å²) < 4.78 is 17.4. The third-order valence-electron chi connectivity index (χ3n) is 5.52. The molecule has 0 radical (unpaired) electrons. The van der Waals surface area contributed by atoms with Crippen LogP contribution in [0.25, 0.3) is 0 Å². The van der Waals surface area contributed by atoms with Crippen molar-refractivity contribution in [3.8, 4) is 17.2 Å². The van der Waals surface area contributed by atoms with Crippen LogP contribution in [0.4, 0.5) is 11.4 Å². The molecule has 0 aliphatic heterocycles. The van der Waals surface area contributed by atoms with Crippen LogP contribution in [0.2, 0.25) is 0 Å². The maximum absolute atomic E-state index is 12.5. The SMILES string of the molecule is CCCOc1ccc(NC(=O)C(=O)N/N=C\c2cc(I)c(OCC(=O)Nc3c(C)cccc3C)c(OC)c2)cc1. The monoisotopic (exact) mass is 658 g/mol. The molecule has 0 spiro atoms. The lowest BCUT2D eigenvalue weighted by atomic mass is 10.1. The molecule has 40 heavy (non-hydrogen) atoms. The van der Waals surface area contributed by atoms with Crippen molar-refractivity contribution >= 4 is 57.9 Å². The van der Waals surface area contributed by atoms with Crippen LogP contribution in [0.15, 0.2) is 59.7 Å². The summed E-state index contributed by atoms with van der Waals surface area (Å²) in [5.41, 5.74) is 5.91. The Morgan fingerprint density at radius 3 is 2.30 bits per heavy atom. The zero-order chi connectivity index (χ0) is 29.1. The lowest BCUT2D eigenvalue weighted by Crippen LogP contribution is -2.32. The van der Waals surface area contributed by atoms with Gasteiger partial charge < -0.3 is 24.8 Å². The molecule has 3 rings (SSSR count). The van der Waals surface area contributed by atoms with E-state index in [1.54, 1.807) is 36.4 Å². The molecule has 3 aromatic carbocycles. The van der Waals surface area contributed by atoms with Gasteiger partial charge in [0.1, 0.15) is 5.75 Å². The molecule has 0 aliphatic rings. The van der Waals surface area contributed by atoms with Gasteiger partial charge in [-0.25, -0.2) is 5.43 Å². The maximum Gasteiger partial charge on any atom is 0.329 e. The number of anilines is 2. The van der Waals surface area contributed by atoms with Gasteiger partial charge in [0.2, 0.25) is 0 Å². The molecule has 0 heterocycles. The predicted molar refractivity (Wildman–Crippen MR) is 162 cm³/mol. The molecule has 0 bridgehead atoms. The number of hydrogen-bond donors (Lipinski definition) is 3. The van der Waals surface area contributed by atoms with Gasteiger partial charge in [-0.3, -0.25) is 14.4 Å². The highest BCUT2D eigenvalue weighted by atomic mass is 127. The summed E-state index contributed by atoms with van der Waals surface area (Å²) in [6.45, 7) is 6.24. The fourth-order valence-corrected chi connectivity index (χ4v) is 4.32. The molecule has 0 fully saturated rings. The Labute approximate surface area is 246 Å². The first-order valence-corrected chi connectivity index (χ1v) is 13.5. The number of hydrogen-bond acceptors (Lipinski definition) is 7. The Hall–Kier alpha value is -4.13. The smallest absolute Gasteiger partial charge is 0.329 e. The van der Waals surface area contributed by atoms with E-state index in [1.165, 1.54) is 13.3 Å². The lowest BCUT2D eigenvalue weighted by molar-refractivity contribution is -0.136. The molecule has 3 aromatic rings. The van der Waals surface area contributed by atoms with E-state index in [2.05, 4.69) is 43.8 Å². The van der Waals surface area contributed by atoms with Crippen LogP contribution >= 0.6 is 22.6 Å². The highest BCUT2D eigenvalue weighted by Gasteiger charge is 2.15. The minimum Gasteiger partial charge on any atom is -0.494 e. The van der Waals surface area contributed by atoms with Crippen LogP contribution in [0.3, 0.4) is 0 Å². The van der Waals surface area contributed by atoms with Crippen LogP contribution < -0.4 is 30.3 Å². The zero-order valence-corrected chi connectivity index (χ0v) is 24.8. The number of carbonyl (C=O) groups excluding carboxylic acids is 3. The Kier molecular flexibility index (Phi) is 11.3. The van der Waals surface area contributed by atoms with Gasteiger partial charge in [-0.1, -0.05) is 25.1 Å². The van der Waals surface area contributed by atoms with Crippen molar-refractivity contribution in [3.05, 3.63) is 74.9 Å². The number of nitrogens with one attached hydrogen (secondary N) is 3. The summed E-state index contributed by atoms with van der Waals surface area (Å²) >= 11 is 2.05. The molecule has 0 atom stereocenters. The fraction of sp³-hybridized carbons (Fsp3) is 0.241. The molecule has 0 saturated heterocycles. The van der Waals surface area contributed by atoms with Crippen molar-refractivity contribution in [3.63, 3.8) is 0 Å². The van der Waals surface area contributed by atoms with Gasteiger partial charge >= 0.3 is 11.8 Å². The topological polar surface area (TPSA) is 127 Å². The summed E-state index contributed by atoms with van der Waals surface area (Å²) in [7, 11) is 1.48. The highest BCUT2D eigenvalue weighted by Crippen LogP contribution is 2.33. The molecule has 0 saturated carbocycles.